The van der Waals surface area contributed by atoms with E-state index in [-0.39, 0.29) is 35.2 Å². The van der Waals surface area contributed by atoms with Crippen molar-refractivity contribution in [3.05, 3.63) is 53.8 Å². The third kappa shape index (κ3) is 5.68. The molecule has 0 saturated heterocycles. The first-order chi connectivity index (χ1) is 13.7. The Kier molecular flexibility index (Phi) is 8.01. The van der Waals surface area contributed by atoms with E-state index in [0.717, 1.165) is 6.54 Å². The maximum atomic E-state index is 12.6. The lowest BCUT2D eigenvalue weighted by Crippen LogP contribution is -2.45. The summed E-state index contributed by atoms with van der Waals surface area (Å²) in [5.74, 6) is -0.291. The smallest absolute Gasteiger partial charge is 0.253 e. The van der Waals surface area contributed by atoms with Gasteiger partial charge in [-0.15, -0.1) is 0 Å². The molecule has 0 bridgehead atoms. The van der Waals surface area contributed by atoms with Gasteiger partial charge in [0.15, 0.2) is 9.84 Å². The molecule has 2 rings (SSSR count). The first kappa shape index (κ1) is 23.1. The van der Waals surface area contributed by atoms with E-state index in [2.05, 4.69) is 36.4 Å². The van der Waals surface area contributed by atoms with Crippen molar-refractivity contribution in [2.24, 2.45) is 0 Å². The molecule has 160 valence electrons. The van der Waals surface area contributed by atoms with E-state index in [1.165, 1.54) is 12.1 Å². The molecule has 1 heterocycles. The SMILES string of the molecule is CCN(C)C(C)C1C=CC(C(=O)NC(CO)c2ccc(S(=O)(=O)CC)cc2)=CN1. The summed E-state index contributed by atoms with van der Waals surface area (Å²) in [7, 11) is -1.24. The van der Waals surface area contributed by atoms with Crippen molar-refractivity contribution in [2.45, 2.75) is 43.8 Å². The van der Waals surface area contributed by atoms with Crippen molar-refractivity contribution in [2.75, 3.05) is 26.0 Å². The molecule has 1 aromatic carbocycles. The second kappa shape index (κ2) is 10.0. The fraction of sp³-hybridized carbons (Fsp3) is 0.476. The zero-order chi connectivity index (χ0) is 21.6. The average Bonchev–Trinajstić information content (AvgIpc) is 2.76. The molecule has 7 nitrogen and oxygen atoms in total. The standard InChI is InChI=1S/C21H31N3O4S/c1-5-24(4)15(3)19-12-9-17(13-22-19)21(26)23-20(14-25)16-7-10-18(11-8-16)29(27,28)6-2/h7-13,15,19-20,22,25H,5-6,14H2,1-4H3,(H,23,26). The molecule has 1 amide bonds. The van der Waals surface area contributed by atoms with Gasteiger partial charge in [0.2, 0.25) is 0 Å². The van der Waals surface area contributed by atoms with Gasteiger partial charge in [-0.1, -0.05) is 32.1 Å². The molecule has 0 aromatic heterocycles. The molecular formula is C21H31N3O4S. The second-order valence-corrected chi connectivity index (χ2v) is 9.42. The van der Waals surface area contributed by atoms with Crippen LogP contribution >= 0.6 is 0 Å². The minimum absolute atomic E-state index is 0.0215. The lowest BCUT2D eigenvalue weighted by Gasteiger charge is -2.31. The molecule has 0 fully saturated rings. The number of aliphatic hydroxyl groups excluding tert-OH is 1. The lowest BCUT2D eigenvalue weighted by atomic mass is 10.0. The lowest BCUT2D eigenvalue weighted by molar-refractivity contribution is -0.118. The number of dihydropyridines is 1. The van der Waals surface area contributed by atoms with Gasteiger partial charge < -0.3 is 20.6 Å². The van der Waals surface area contributed by atoms with Gasteiger partial charge in [0.05, 0.1) is 34.9 Å². The van der Waals surface area contributed by atoms with E-state index >= 15 is 0 Å². The monoisotopic (exact) mass is 421 g/mol. The van der Waals surface area contributed by atoms with Crippen LogP contribution in [0.25, 0.3) is 0 Å². The molecule has 3 atom stereocenters. The maximum Gasteiger partial charge on any atom is 0.253 e. The van der Waals surface area contributed by atoms with Crippen molar-refractivity contribution in [3.8, 4) is 0 Å². The molecule has 3 N–H and O–H groups in total. The minimum atomic E-state index is -3.29. The number of rotatable bonds is 9. The van der Waals surface area contributed by atoms with Crippen LogP contribution < -0.4 is 10.6 Å². The topological polar surface area (TPSA) is 98.7 Å². The van der Waals surface area contributed by atoms with Crippen molar-refractivity contribution in [3.63, 3.8) is 0 Å². The molecule has 1 aliphatic heterocycles. The summed E-state index contributed by atoms with van der Waals surface area (Å²) in [6.07, 6.45) is 5.43. The van der Waals surface area contributed by atoms with Gasteiger partial charge in [-0.25, -0.2) is 8.42 Å². The van der Waals surface area contributed by atoms with E-state index in [0.29, 0.717) is 11.1 Å². The van der Waals surface area contributed by atoms with Crippen LogP contribution in [-0.4, -0.2) is 62.4 Å². The summed E-state index contributed by atoms with van der Waals surface area (Å²) >= 11 is 0. The van der Waals surface area contributed by atoms with Gasteiger partial charge in [0.1, 0.15) is 0 Å². The van der Waals surface area contributed by atoms with Crippen molar-refractivity contribution < 1.29 is 18.3 Å². The largest absolute Gasteiger partial charge is 0.394 e. The summed E-state index contributed by atoms with van der Waals surface area (Å²) in [5, 5.41) is 15.8. The number of hydrogen-bond donors (Lipinski definition) is 3. The number of amides is 1. The molecule has 0 spiro atoms. The molecular weight excluding hydrogens is 390 g/mol. The fourth-order valence-electron chi connectivity index (χ4n) is 3.05. The van der Waals surface area contributed by atoms with Crippen molar-refractivity contribution in [1.29, 1.82) is 0 Å². The van der Waals surface area contributed by atoms with E-state index in [1.54, 1.807) is 31.3 Å². The van der Waals surface area contributed by atoms with Crippen LogP contribution in [0.15, 0.2) is 53.1 Å². The molecule has 0 saturated carbocycles. The van der Waals surface area contributed by atoms with E-state index in [1.807, 2.05) is 6.08 Å². The summed E-state index contributed by atoms with van der Waals surface area (Å²) in [6.45, 7) is 6.44. The Bertz CT molecular complexity index is 862. The zero-order valence-electron chi connectivity index (χ0n) is 17.4. The number of hydrogen-bond acceptors (Lipinski definition) is 6. The highest BCUT2D eigenvalue weighted by Gasteiger charge is 2.22. The van der Waals surface area contributed by atoms with E-state index in [9.17, 15) is 18.3 Å². The highest BCUT2D eigenvalue weighted by atomic mass is 32.2. The molecule has 1 aliphatic rings. The predicted octanol–water partition coefficient (Wildman–Crippen LogP) is 1.38. The quantitative estimate of drug-likeness (QED) is 0.557. The van der Waals surface area contributed by atoms with Crippen LogP contribution in [0.5, 0.6) is 0 Å². The summed E-state index contributed by atoms with van der Waals surface area (Å²) in [4.78, 5) is 15.0. The van der Waals surface area contributed by atoms with Gasteiger partial charge in [0.25, 0.3) is 5.91 Å². The molecule has 1 aromatic rings. The summed E-state index contributed by atoms with van der Waals surface area (Å²) in [5.41, 5.74) is 1.11. The molecule has 3 unspecified atom stereocenters. The summed E-state index contributed by atoms with van der Waals surface area (Å²) in [6, 6.07) is 5.99. The zero-order valence-corrected chi connectivity index (χ0v) is 18.2. The number of nitrogens with zero attached hydrogens (tertiary/aromatic N) is 1. The van der Waals surface area contributed by atoms with Crippen LogP contribution in [0, 0.1) is 0 Å². The second-order valence-electron chi connectivity index (χ2n) is 7.15. The molecule has 29 heavy (non-hydrogen) atoms. The Morgan fingerprint density at radius 2 is 1.93 bits per heavy atom. The number of carbonyl (C=O) groups is 1. The van der Waals surface area contributed by atoms with Crippen LogP contribution in [0.3, 0.4) is 0 Å². The number of sulfone groups is 1. The minimum Gasteiger partial charge on any atom is -0.394 e. The average molecular weight is 422 g/mol. The van der Waals surface area contributed by atoms with Gasteiger partial charge in [-0.2, -0.15) is 0 Å². The highest BCUT2D eigenvalue weighted by Crippen LogP contribution is 2.18. The third-order valence-electron chi connectivity index (χ3n) is 5.40. The van der Waals surface area contributed by atoms with E-state index in [4.69, 9.17) is 0 Å². The Balaban J connectivity index is 2.04. The fourth-order valence-corrected chi connectivity index (χ4v) is 3.93. The first-order valence-corrected chi connectivity index (χ1v) is 11.5. The number of benzene rings is 1. The highest BCUT2D eigenvalue weighted by molar-refractivity contribution is 7.91. The number of nitrogens with one attached hydrogen (secondary N) is 2. The van der Waals surface area contributed by atoms with Crippen LogP contribution in [0.2, 0.25) is 0 Å². The Labute approximate surface area is 173 Å². The van der Waals surface area contributed by atoms with Gasteiger partial charge in [-0.3, -0.25) is 4.79 Å². The maximum absolute atomic E-state index is 12.6. The van der Waals surface area contributed by atoms with E-state index < -0.39 is 15.9 Å². The van der Waals surface area contributed by atoms with Gasteiger partial charge in [-0.05, 0) is 44.3 Å². The summed E-state index contributed by atoms with van der Waals surface area (Å²) < 4.78 is 23.9. The molecule has 8 heteroatoms. The molecule has 0 aliphatic carbocycles. The first-order valence-electron chi connectivity index (χ1n) is 9.82. The van der Waals surface area contributed by atoms with Crippen LogP contribution in [-0.2, 0) is 14.6 Å². The number of aliphatic hydroxyl groups is 1. The molecule has 0 radical (unpaired) electrons. The van der Waals surface area contributed by atoms with Crippen LogP contribution in [0.4, 0.5) is 0 Å². The Morgan fingerprint density at radius 3 is 2.41 bits per heavy atom. The Morgan fingerprint density at radius 1 is 1.28 bits per heavy atom. The number of carbonyl (C=O) groups excluding carboxylic acids is 1. The van der Waals surface area contributed by atoms with Gasteiger partial charge in [0, 0.05) is 12.2 Å². The van der Waals surface area contributed by atoms with Crippen molar-refractivity contribution >= 4 is 15.7 Å². The predicted molar refractivity (Wildman–Crippen MR) is 114 cm³/mol. The Hall–Kier alpha value is -2.16. The third-order valence-corrected chi connectivity index (χ3v) is 7.15. The van der Waals surface area contributed by atoms with Crippen LogP contribution in [0.1, 0.15) is 32.4 Å². The van der Waals surface area contributed by atoms with Crippen molar-refractivity contribution in [1.82, 2.24) is 15.5 Å². The normalized spacial score (nSPS) is 18.7. The van der Waals surface area contributed by atoms with Gasteiger partial charge >= 0.3 is 0 Å². The number of likely N-dealkylation sites (N-methyl/N-ethyl adjacent to an activating group) is 1.